The number of nitrogens with one attached hydrogen (secondary N) is 2. The second kappa shape index (κ2) is 7.16. The number of hydrogen-bond donors (Lipinski definition) is 2. The van der Waals surface area contributed by atoms with Gasteiger partial charge in [0.1, 0.15) is 0 Å². The first-order valence-electron chi connectivity index (χ1n) is 7.36. The number of nitro groups is 1. The second-order valence-electron chi connectivity index (χ2n) is 5.21. The minimum Gasteiger partial charge on any atom is -0.316 e. The van der Waals surface area contributed by atoms with Crippen molar-refractivity contribution in [3.05, 3.63) is 69.9 Å². The lowest BCUT2D eigenvalue weighted by molar-refractivity contribution is -0.384. The van der Waals surface area contributed by atoms with E-state index in [1.165, 1.54) is 12.1 Å². The zero-order chi connectivity index (χ0) is 18.7. The number of pyridine rings is 1. The Kier molecular flexibility index (Phi) is 4.76. The minimum absolute atomic E-state index is 0.0305. The Morgan fingerprint density at radius 1 is 1.00 bits per heavy atom. The Labute approximate surface area is 151 Å². The van der Waals surface area contributed by atoms with E-state index in [2.05, 4.69) is 15.6 Å². The molecule has 1 heterocycles. The molecule has 0 aliphatic heterocycles. The standard InChI is InChI=1S/C17H11ClN4O4/c18-12-7-6-11(22(25)26)9-14(12)21-17(24)16(23)20-13-5-1-3-10-4-2-8-19-15(10)13/h1-9H,(H,20,23)(H,21,24). The molecule has 2 amide bonds. The summed E-state index contributed by atoms with van der Waals surface area (Å²) < 4.78 is 0. The molecule has 2 aromatic carbocycles. The minimum atomic E-state index is -1.01. The van der Waals surface area contributed by atoms with Crippen molar-refractivity contribution in [3.63, 3.8) is 0 Å². The summed E-state index contributed by atoms with van der Waals surface area (Å²) in [5, 5.41) is 16.4. The van der Waals surface area contributed by atoms with Crippen molar-refractivity contribution in [2.75, 3.05) is 10.6 Å². The molecule has 0 spiro atoms. The molecule has 0 saturated carbocycles. The van der Waals surface area contributed by atoms with E-state index in [0.29, 0.717) is 11.2 Å². The normalized spacial score (nSPS) is 10.3. The van der Waals surface area contributed by atoms with Crippen molar-refractivity contribution in [2.24, 2.45) is 0 Å². The lowest BCUT2D eigenvalue weighted by atomic mass is 10.2. The fourth-order valence-electron chi connectivity index (χ4n) is 2.29. The lowest BCUT2D eigenvalue weighted by Crippen LogP contribution is -2.29. The van der Waals surface area contributed by atoms with Crippen LogP contribution in [0.4, 0.5) is 17.1 Å². The maximum atomic E-state index is 12.2. The molecule has 26 heavy (non-hydrogen) atoms. The van der Waals surface area contributed by atoms with Crippen molar-refractivity contribution in [1.82, 2.24) is 4.98 Å². The quantitative estimate of drug-likeness (QED) is 0.416. The molecule has 0 saturated heterocycles. The number of carbonyl (C=O) groups is 2. The number of rotatable bonds is 3. The summed E-state index contributed by atoms with van der Waals surface area (Å²) in [5.41, 5.74) is 0.610. The predicted molar refractivity (Wildman–Crippen MR) is 97.1 cm³/mol. The highest BCUT2D eigenvalue weighted by atomic mass is 35.5. The first-order valence-corrected chi connectivity index (χ1v) is 7.73. The monoisotopic (exact) mass is 370 g/mol. The van der Waals surface area contributed by atoms with Crippen molar-refractivity contribution >= 4 is 51.4 Å². The number of aromatic nitrogens is 1. The highest BCUT2D eigenvalue weighted by Gasteiger charge is 2.18. The molecule has 2 N–H and O–H groups in total. The highest BCUT2D eigenvalue weighted by Crippen LogP contribution is 2.27. The van der Waals surface area contributed by atoms with E-state index >= 15 is 0 Å². The maximum absolute atomic E-state index is 12.2. The highest BCUT2D eigenvalue weighted by molar-refractivity contribution is 6.45. The average molecular weight is 371 g/mol. The molecule has 1 aromatic heterocycles. The third kappa shape index (κ3) is 3.60. The number of non-ortho nitro benzene ring substituents is 1. The van der Waals surface area contributed by atoms with Gasteiger partial charge in [-0.25, -0.2) is 0 Å². The topological polar surface area (TPSA) is 114 Å². The van der Waals surface area contributed by atoms with E-state index in [1.54, 1.807) is 24.4 Å². The van der Waals surface area contributed by atoms with Gasteiger partial charge in [-0.15, -0.1) is 0 Å². The van der Waals surface area contributed by atoms with Crippen LogP contribution in [0.25, 0.3) is 10.9 Å². The molecule has 0 fully saturated rings. The zero-order valence-corrected chi connectivity index (χ0v) is 13.9. The number of anilines is 2. The number of nitrogens with zero attached hydrogens (tertiary/aromatic N) is 2. The molecule has 0 aliphatic carbocycles. The Morgan fingerprint density at radius 2 is 1.69 bits per heavy atom. The van der Waals surface area contributed by atoms with Crippen LogP contribution in [0, 0.1) is 10.1 Å². The Balaban J connectivity index is 1.79. The van der Waals surface area contributed by atoms with Crippen LogP contribution >= 0.6 is 11.6 Å². The molecule has 0 aliphatic rings. The van der Waals surface area contributed by atoms with E-state index < -0.39 is 16.7 Å². The van der Waals surface area contributed by atoms with Crippen LogP contribution in [-0.2, 0) is 9.59 Å². The summed E-state index contributed by atoms with van der Waals surface area (Å²) in [6.45, 7) is 0. The van der Waals surface area contributed by atoms with E-state index in [-0.39, 0.29) is 16.4 Å². The van der Waals surface area contributed by atoms with Crippen LogP contribution in [0.15, 0.2) is 54.7 Å². The lowest BCUT2D eigenvalue weighted by Gasteiger charge is -2.09. The molecule has 3 rings (SSSR count). The molecular weight excluding hydrogens is 360 g/mol. The van der Waals surface area contributed by atoms with E-state index in [9.17, 15) is 19.7 Å². The second-order valence-corrected chi connectivity index (χ2v) is 5.62. The predicted octanol–water partition coefficient (Wildman–Crippen LogP) is 3.37. The number of halogens is 1. The summed E-state index contributed by atoms with van der Waals surface area (Å²) >= 11 is 5.91. The van der Waals surface area contributed by atoms with Crippen LogP contribution in [0.3, 0.4) is 0 Å². The van der Waals surface area contributed by atoms with Crippen LogP contribution in [0.2, 0.25) is 5.02 Å². The van der Waals surface area contributed by atoms with Crippen molar-refractivity contribution in [2.45, 2.75) is 0 Å². The van der Waals surface area contributed by atoms with Crippen molar-refractivity contribution in [1.29, 1.82) is 0 Å². The van der Waals surface area contributed by atoms with Gasteiger partial charge in [0.2, 0.25) is 0 Å². The summed E-state index contributed by atoms with van der Waals surface area (Å²) in [4.78, 5) is 38.6. The van der Waals surface area contributed by atoms with Gasteiger partial charge in [0, 0.05) is 23.7 Å². The number of carbonyl (C=O) groups excluding carboxylic acids is 2. The zero-order valence-electron chi connectivity index (χ0n) is 13.1. The average Bonchev–Trinajstić information content (AvgIpc) is 2.63. The van der Waals surface area contributed by atoms with Gasteiger partial charge in [-0.2, -0.15) is 0 Å². The summed E-state index contributed by atoms with van der Waals surface area (Å²) in [6.07, 6.45) is 1.57. The van der Waals surface area contributed by atoms with E-state index in [1.807, 2.05) is 12.1 Å². The number of fused-ring (bicyclic) bond motifs is 1. The van der Waals surface area contributed by atoms with Crippen LogP contribution in [0.1, 0.15) is 0 Å². The summed E-state index contributed by atoms with van der Waals surface area (Å²) in [6, 6.07) is 12.3. The third-order valence-corrected chi connectivity index (χ3v) is 3.83. The molecule has 9 heteroatoms. The first kappa shape index (κ1) is 17.3. The van der Waals surface area contributed by atoms with Gasteiger partial charge in [0.25, 0.3) is 5.69 Å². The Hall–Kier alpha value is -3.52. The SMILES string of the molecule is O=C(Nc1cc([N+](=O)[O-])ccc1Cl)C(=O)Nc1cccc2cccnc12. The van der Waals surface area contributed by atoms with E-state index in [0.717, 1.165) is 11.5 Å². The maximum Gasteiger partial charge on any atom is 0.314 e. The Morgan fingerprint density at radius 3 is 2.42 bits per heavy atom. The fraction of sp³-hybridized carbons (Fsp3) is 0. The van der Waals surface area contributed by atoms with Gasteiger partial charge in [-0.3, -0.25) is 24.7 Å². The largest absolute Gasteiger partial charge is 0.316 e. The van der Waals surface area contributed by atoms with Crippen LogP contribution in [-0.4, -0.2) is 21.7 Å². The molecule has 130 valence electrons. The van der Waals surface area contributed by atoms with Crippen LogP contribution in [0.5, 0.6) is 0 Å². The molecule has 0 bridgehead atoms. The number of hydrogen-bond acceptors (Lipinski definition) is 5. The van der Waals surface area contributed by atoms with Gasteiger partial charge in [-0.05, 0) is 18.2 Å². The van der Waals surface area contributed by atoms with Crippen molar-refractivity contribution < 1.29 is 14.5 Å². The molecule has 0 unspecified atom stereocenters. The molecule has 0 atom stereocenters. The van der Waals surface area contributed by atoms with Gasteiger partial charge in [0.15, 0.2) is 0 Å². The van der Waals surface area contributed by atoms with E-state index in [4.69, 9.17) is 11.6 Å². The van der Waals surface area contributed by atoms with Gasteiger partial charge >= 0.3 is 11.8 Å². The Bertz CT molecular complexity index is 1030. The first-order chi connectivity index (χ1) is 12.5. The molecule has 3 aromatic rings. The number of para-hydroxylation sites is 1. The fourth-order valence-corrected chi connectivity index (χ4v) is 2.45. The molecular formula is C17H11ClN4O4. The smallest absolute Gasteiger partial charge is 0.314 e. The van der Waals surface area contributed by atoms with Crippen molar-refractivity contribution in [3.8, 4) is 0 Å². The van der Waals surface area contributed by atoms with Gasteiger partial charge < -0.3 is 10.6 Å². The van der Waals surface area contributed by atoms with Gasteiger partial charge in [-0.1, -0.05) is 29.8 Å². The third-order valence-electron chi connectivity index (χ3n) is 3.50. The summed E-state index contributed by atoms with van der Waals surface area (Å²) in [5.74, 6) is -1.97. The van der Waals surface area contributed by atoms with Gasteiger partial charge in [0.05, 0.1) is 26.8 Å². The number of benzene rings is 2. The molecule has 8 nitrogen and oxygen atoms in total. The molecule has 0 radical (unpaired) electrons. The summed E-state index contributed by atoms with van der Waals surface area (Å²) in [7, 11) is 0. The number of nitro benzene ring substituents is 1. The number of amides is 2. The van der Waals surface area contributed by atoms with Crippen LogP contribution < -0.4 is 10.6 Å².